The second-order valence-electron chi connectivity index (χ2n) is 5.48. The molecular formula is C15H32N2O. The summed E-state index contributed by atoms with van der Waals surface area (Å²) in [6.45, 7) is 8.25. The topological polar surface area (TPSA) is 24.5 Å². The first-order valence-corrected chi connectivity index (χ1v) is 7.81. The van der Waals surface area contributed by atoms with Crippen molar-refractivity contribution in [1.82, 2.24) is 10.2 Å². The number of nitrogens with one attached hydrogen (secondary N) is 1. The van der Waals surface area contributed by atoms with Gasteiger partial charge < -0.3 is 15.0 Å². The molecule has 1 heterocycles. The Morgan fingerprint density at radius 3 is 2.83 bits per heavy atom. The van der Waals surface area contributed by atoms with E-state index in [1.54, 1.807) is 7.11 Å². The molecular weight excluding hydrogens is 224 g/mol. The van der Waals surface area contributed by atoms with Gasteiger partial charge in [-0.05, 0) is 71.1 Å². The molecule has 3 heteroatoms. The summed E-state index contributed by atoms with van der Waals surface area (Å²) in [7, 11) is 1.78. The lowest BCUT2D eigenvalue weighted by atomic mass is 10.1. The molecule has 1 aliphatic heterocycles. The molecule has 1 N–H and O–H groups in total. The van der Waals surface area contributed by atoms with Gasteiger partial charge >= 0.3 is 0 Å². The third kappa shape index (κ3) is 7.34. The van der Waals surface area contributed by atoms with Gasteiger partial charge in [0, 0.05) is 19.8 Å². The van der Waals surface area contributed by atoms with Gasteiger partial charge in [0.05, 0.1) is 0 Å². The number of nitrogens with zero attached hydrogens (tertiary/aromatic N) is 1. The van der Waals surface area contributed by atoms with Crippen LogP contribution in [0.3, 0.4) is 0 Å². The van der Waals surface area contributed by atoms with Gasteiger partial charge in [-0.3, -0.25) is 0 Å². The van der Waals surface area contributed by atoms with Crippen molar-refractivity contribution in [3.05, 3.63) is 0 Å². The lowest BCUT2D eigenvalue weighted by molar-refractivity contribution is 0.192. The summed E-state index contributed by atoms with van der Waals surface area (Å²) in [6.07, 6.45) is 9.12. The Bertz CT molecular complexity index is 187. The third-order valence-electron chi connectivity index (χ3n) is 3.82. The summed E-state index contributed by atoms with van der Waals surface area (Å²) in [6, 6.07) is 0.759. The van der Waals surface area contributed by atoms with Crippen molar-refractivity contribution in [2.75, 3.05) is 39.9 Å². The number of likely N-dealkylation sites (tertiary alicyclic amines) is 1. The van der Waals surface area contributed by atoms with Gasteiger partial charge in [-0.15, -0.1) is 0 Å². The van der Waals surface area contributed by atoms with Crippen molar-refractivity contribution in [3.63, 3.8) is 0 Å². The maximum absolute atomic E-state index is 5.06. The van der Waals surface area contributed by atoms with E-state index in [2.05, 4.69) is 17.1 Å². The van der Waals surface area contributed by atoms with E-state index in [1.807, 2.05) is 0 Å². The first-order chi connectivity index (χ1) is 8.86. The maximum Gasteiger partial charge on any atom is 0.0462 e. The zero-order chi connectivity index (χ0) is 13.1. The minimum Gasteiger partial charge on any atom is -0.385 e. The summed E-state index contributed by atoms with van der Waals surface area (Å²) >= 11 is 0. The Morgan fingerprint density at radius 1 is 1.17 bits per heavy atom. The number of hydrogen-bond donors (Lipinski definition) is 1. The standard InChI is InChI=1S/C15H32N2O/c1-3-11-17-12-7-8-15(9-13-17)16-10-5-4-6-14-18-2/h15-16H,3-14H2,1-2H3. The first-order valence-electron chi connectivity index (χ1n) is 7.81. The normalized spacial score (nSPS) is 22.0. The van der Waals surface area contributed by atoms with E-state index in [-0.39, 0.29) is 0 Å². The molecule has 1 saturated heterocycles. The molecule has 1 fully saturated rings. The quantitative estimate of drug-likeness (QED) is 0.642. The maximum atomic E-state index is 5.06. The van der Waals surface area contributed by atoms with Gasteiger partial charge in [0.25, 0.3) is 0 Å². The summed E-state index contributed by atoms with van der Waals surface area (Å²) in [5.74, 6) is 0. The first kappa shape index (κ1) is 15.9. The average molecular weight is 256 g/mol. The molecule has 0 aromatic heterocycles. The highest BCUT2D eigenvalue weighted by Gasteiger charge is 2.15. The predicted octanol–water partition coefficient (Wildman–Crippen LogP) is 2.66. The third-order valence-corrected chi connectivity index (χ3v) is 3.82. The molecule has 0 amide bonds. The van der Waals surface area contributed by atoms with Crippen LogP contribution in [0.25, 0.3) is 0 Å². The molecule has 0 spiro atoms. The van der Waals surface area contributed by atoms with Crippen LogP contribution in [-0.4, -0.2) is 50.8 Å². The Kier molecular flexibility index (Phi) is 9.54. The zero-order valence-electron chi connectivity index (χ0n) is 12.4. The van der Waals surface area contributed by atoms with E-state index in [9.17, 15) is 0 Å². The summed E-state index contributed by atoms with van der Waals surface area (Å²) in [5, 5.41) is 3.73. The van der Waals surface area contributed by atoms with Crippen LogP contribution in [0.2, 0.25) is 0 Å². The van der Waals surface area contributed by atoms with Gasteiger partial charge in [-0.2, -0.15) is 0 Å². The SMILES string of the molecule is CCCN1CCCC(NCCCCCOC)CC1. The number of unbranched alkanes of at least 4 members (excludes halogenated alkanes) is 2. The van der Waals surface area contributed by atoms with E-state index < -0.39 is 0 Å². The van der Waals surface area contributed by atoms with Crippen molar-refractivity contribution in [1.29, 1.82) is 0 Å². The van der Waals surface area contributed by atoms with Crippen LogP contribution in [0.4, 0.5) is 0 Å². The predicted molar refractivity (Wildman–Crippen MR) is 78.1 cm³/mol. The van der Waals surface area contributed by atoms with Gasteiger partial charge in [-0.1, -0.05) is 6.92 Å². The van der Waals surface area contributed by atoms with Crippen LogP contribution in [0, 0.1) is 0 Å². The minimum atomic E-state index is 0.759. The molecule has 0 aliphatic carbocycles. The van der Waals surface area contributed by atoms with Crippen molar-refractivity contribution >= 4 is 0 Å². The molecule has 3 nitrogen and oxygen atoms in total. The van der Waals surface area contributed by atoms with E-state index >= 15 is 0 Å². The summed E-state index contributed by atoms with van der Waals surface area (Å²) < 4.78 is 5.06. The molecule has 1 rings (SSSR count). The van der Waals surface area contributed by atoms with Gasteiger partial charge in [0.2, 0.25) is 0 Å². The number of ether oxygens (including phenoxy) is 1. The Labute approximate surface area is 113 Å². The highest BCUT2D eigenvalue weighted by Crippen LogP contribution is 2.11. The number of rotatable bonds is 9. The Morgan fingerprint density at radius 2 is 2.06 bits per heavy atom. The molecule has 0 aromatic rings. The molecule has 0 aromatic carbocycles. The molecule has 108 valence electrons. The second-order valence-corrected chi connectivity index (χ2v) is 5.48. The van der Waals surface area contributed by atoms with Crippen LogP contribution in [0.15, 0.2) is 0 Å². The molecule has 1 aliphatic rings. The number of hydrogen-bond acceptors (Lipinski definition) is 3. The molecule has 18 heavy (non-hydrogen) atoms. The summed E-state index contributed by atoms with van der Waals surface area (Å²) in [4.78, 5) is 2.63. The van der Waals surface area contributed by atoms with E-state index in [0.717, 1.165) is 12.6 Å². The Balaban J connectivity index is 2.01. The molecule has 0 bridgehead atoms. The van der Waals surface area contributed by atoms with E-state index in [4.69, 9.17) is 4.74 Å². The van der Waals surface area contributed by atoms with E-state index in [0.29, 0.717) is 0 Å². The average Bonchev–Trinajstić information content (AvgIpc) is 2.60. The van der Waals surface area contributed by atoms with Gasteiger partial charge in [0.15, 0.2) is 0 Å². The molecule has 0 saturated carbocycles. The second kappa shape index (κ2) is 10.8. The fourth-order valence-electron chi connectivity index (χ4n) is 2.75. The minimum absolute atomic E-state index is 0.759. The molecule has 0 radical (unpaired) electrons. The van der Waals surface area contributed by atoms with Crippen LogP contribution in [0.1, 0.15) is 51.9 Å². The van der Waals surface area contributed by atoms with Gasteiger partial charge in [-0.25, -0.2) is 0 Å². The van der Waals surface area contributed by atoms with Crippen molar-refractivity contribution in [3.8, 4) is 0 Å². The van der Waals surface area contributed by atoms with Gasteiger partial charge in [0.1, 0.15) is 0 Å². The molecule has 1 unspecified atom stereocenters. The van der Waals surface area contributed by atoms with Crippen LogP contribution in [-0.2, 0) is 4.74 Å². The van der Waals surface area contributed by atoms with Crippen LogP contribution < -0.4 is 5.32 Å². The highest BCUT2D eigenvalue weighted by atomic mass is 16.5. The smallest absolute Gasteiger partial charge is 0.0462 e. The zero-order valence-corrected chi connectivity index (χ0v) is 12.4. The fourth-order valence-corrected chi connectivity index (χ4v) is 2.75. The fraction of sp³-hybridized carbons (Fsp3) is 1.00. The van der Waals surface area contributed by atoms with Crippen LogP contribution in [0.5, 0.6) is 0 Å². The monoisotopic (exact) mass is 256 g/mol. The highest BCUT2D eigenvalue weighted by molar-refractivity contribution is 4.74. The van der Waals surface area contributed by atoms with E-state index in [1.165, 1.54) is 71.1 Å². The number of methoxy groups -OCH3 is 1. The lowest BCUT2D eigenvalue weighted by Gasteiger charge is -2.19. The van der Waals surface area contributed by atoms with Crippen molar-refractivity contribution in [2.24, 2.45) is 0 Å². The van der Waals surface area contributed by atoms with Crippen molar-refractivity contribution < 1.29 is 4.74 Å². The Hall–Kier alpha value is -0.120. The molecule has 1 atom stereocenters. The van der Waals surface area contributed by atoms with Crippen molar-refractivity contribution in [2.45, 2.75) is 57.9 Å². The largest absolute Gasteiger partial charge is 0.385 e. The lowest BCUT2D eigenvalue weighted by Crippen LogP contribution is -2.31. The summed E-state index contributed by atoms with van der Waals surface area (Å²) in [5.41, 5.74) is 0. The van der Waals surface area contributed by atoms with Crippen LogP contribution >= 0.6 is 0 Å².